The first kappa shape index (κ1) is 18.9. The molecule has 0 saturated carbocycles. The molecule has 146 valence electrons. The molecular weight excluding hydrogens is 409 g/mol. The molecule has 0 amide bonds. The number of rotatable bonds is 5. The van der Waals surface area contributed by atoms with Gasteiger partial charge >= 0.3 is 0 Å². The van der Waals surface area contributed by atoms with Crippen molar-refractivity contribution in [2.45, 2.75) is 10.8 Å². The van der Waals surface area contributed by atoms with Crippen molar-refractivity contribution in [3.63, 3.8) is 0 Å². The van der Waals surface area contributed by atoms with Crippen LogP contribution in [0.15, 0.2) is 41.3 Å². The van der Waals surface area contributed by atoms with Gasteiger partial charge in [-0.1, -0.05) is 17.7 Å². The molecule has 1 aliphatic rings. The number of halogens is 2. The third-order valence-corrected chi connectivity index (χ3v) is 6.01. The highest BCUT2D eigenvalue weighted by Crippen LogP contribution is 2.33. The molecule has 1 N–H and O–H groups in total. The number of nitrogens with zero attached hydrogens (tertiary/aromatic N) is 2. The zero-order valence-corrected chi connectivity index (χ0v) is 16.2. The van der Waals surface area contributed by atoms with Crippen molar-refractivity contribution in [3.8, 4) is 5.88 Å². The molecule has 3 heterocycles. The molecular formula is C18H15ClFN3O4S. The number of hydrogen-bond donors (Lipinski definition) is 1. The van der Waals surface area contributed by atoms with E-state index in [2.05, 4.69) is 14.7 Å². The first-order valence-corrected chi connectivity index (χ1v) is 10.2. The normalized spacial score (nSPS) is 14.7. The lowest BCUT2D eigenvalue weighted by Gasteiger charge is -2.26. The van der Waals surface area contributed by atoms with E-state index in [1.54, 1.807) is 18.2 Å². The summed E-state index contributed by atoms with van der Waals surface area (Å²) in [6.45, 7) is 0.730. The summed E-state index contributed by atoms with van der Waals surface area (Å²) in [6, 6.07) is 8.76. The Morgan fingerprint density at radius 1 is 1.25 bits per heavy atom. The van der Waals surface area contributed by atoms with E-state index in [4.69, 9.17) is 21.1 Å². The number of pyridine rings is 2. The fraction of sp³-hybridized carbons (Fsp3) is 0.222. The van der Waals surface area contributed by atoms with Crippen molar-refractivity contribution in [2.75, 3.05) is 25.0 Å². The summed E-state index contributed by atoms with van der Waals surface area (Å²) < 4.78 is 53.0. The summed E-state index contributed by atoms with van der Waals surface area (Å²) in [7, 11) is -2.74. The number of nitrogens with one attached hydrogen (secondary N) is 1. The molecule has 1 saturated heterocycles. The van der Waals surface area contributed by atoms with E-state index in [9.17, 15) is 12.8 Å². The van der Waals surface area contributed by atoms with Crippen molar-refractivity contribution >= 4 is 38.2 Å². The smallest absolute Gasteiger partial charge is 0.262 e. The molecule has 1 aromatic carbocycles. The summed E-state index contributed by atoms with van der Waals surface area (Å²) in [4.78, 5) is 8.23. The van der Waals surface area contributed by atoms with E-state index in [1.807, 2.05) is 0 Å². The van der Waals surface area contributed by atoms with Crippen molar-refractivity contribution in [1.82, 2.24) is 9.97 Å². The lowest BCUT2D eigenvalue weighted by atomic mass is 10.0. The van der Waals surface area contributed by atoms with Crippen LogP contribution in [0.1, 0.15) is 11.6 Å². The second-order valence-electron chi connectivity index (χ2n) is 6.21. The van der Waals surface area contributed by atoms with Gasteiger partial charge in [0, 0.05) is 11.5 Å². The Morgan fingerprint density at radius 2 is 2.04 bits per heavy atom. The van der Waals surface area contributed by atoms with Crippen molar-refractivity contribution in [3.05, 3.63) is 53.1 Å². The van der Waals surface area contributed by atoms with Gasteiger partial charge in [-0.3, -0.25) is 4.72 Å². The Labute approximate surface area is 165 Å². The molecule has 7 nitrogen and oxygen atoms in total. The third-order valence-electron chi connectivity index (χ3n) is 4.38. The van der Waals surface area contributed by atoms with E-state index >= 15 is 0 Å². The summed E-state index contributed by atoms with van der Waals surface area (Å²) in [5.41, 5.74) is 0.518. The van der Waals surface area contributed by atoms with Crippen LogP contribution in [0.25, 0.3) is 10.9 Å². The van der Waals surface area contributed by atoms with Crippen molar-refractivity contribution in [2.24, 2.45) is 0 Å². The number of methoxy groups -OCH3 is 1. The highest BCUT2D eigenvalue weighted by atomic mass is 35.5. The fourth-order valence-corrected chi connectivity index (χ4v) is 4.35. The predicted octanol–water partition coefficient (Wildman–Crippen LogP) is 3.35. The zero-order valence-electron chi connectivity index (χ0n) is 14.6. The third kappa shape index (κ3) is 3.36. The van der Waals surface area contributed by atoms with Gasteiger partial charge in [0.05, 0.1) is 42.3 Å². The maximum atomic E-state index is 14.5. The molecule has 3 aromatic rings. The molecule has 0 unspecified atom stereocenters. The minimum Gasteiger partial charge on any atom is -0.479 e. The Bertz CT molecular complexity index is 1170. The Hall–Kier alpha value is -2.49. The van der Waals surface area contributed by atoms with Gasteiger partial charge in [-0.05, 0) is 24.3 Å². The quantitative estimate of drug-likeness (QED) is 0.633. The van der Waals surface area contributed by atoms with Gasteiger partial charge in [-0.2, -0.15) is 0 Å². The zero-order chi connectivity index (χ0) is 19.9. The number of anilines is 1. The molecule has 0 radical (unpaired) electrons. The highest BCUT2D eigenvalue weighted by molar-refractivity contribution is 7.93. The summed E-state index contributed by atoms with van der Waals surface area (Å²) >= 11 is 5.88. The van der Waals surface area contributed by atoms with E-state index in [0.717, 1.165) is 6.07 Å². The molecule has 1 fully saturated rings. The van der Waals surface area contributed by atoms with Gasteiger partial charge in [-0.15, -0.1) is 0 Å². The first-order chi connectivity index (χ1) is 13.4. The van der Waals surface area contributed by atoms with Crippen LogP contribution in [0, 0.1) is 5.82 Å². The number of hydrogen-bond acceptors (Lipinski definition) is 6. The van der Waals surface area contributed by atoms with Crippen LogP contribution in [0.2, 0.25) is 5.15 Å². The van der Waals surface area contributed by atoms with Crippen LogP contribution in [-0.2, 0) is 14.8 Å². The van der Waals surface area contributed by atoms with Crippen LogP contribution >= 0.6 is 11.6 Å². The monoisotopic (exact) mass is 423 g/mol. The maximum absolute atomic E-state index is 14.5. The maximum Gasteiger partial charge on any atom is 0.262 e. The fourth-order valence-electron chi connectivity index (χ4n) is 2.93. The Balaban J connectivity index is 1.75. The van der Waals surface area contributed by atoms with Crippen LogP contribution < -0.4 is 9.46 Å². The van der Waals surface area contributed by atoms with Crippen LogP contribution in [0.4, 0.5) is 10.1 Å². The van der Waals surface area contributed by atoms with Crippen LogP contribution in [0.3, 0.4) is 0 Å². The second-order valence-corrected chi connectivity index (χ2v) is 8.25. The number of fused-ring (bicyclic) bond motifs is 1. The standard InChI is InChI=1S/C18H15ClFN3O4S/c1-26-18-14(7-12(20)17(22-18)10-8-27-9-10)23-28(24,25)15-4-2-3-13-11(15)5-6-16(19)21-13/h2-7,10,23H,8-9H2,1H3. The summed E-state index contributed by atoms with van der Waals surface area (Å²) in [5.74, 6) is -0.820. The molecule has 0 spiro atoms. The number of benzene rings is 1. The summed E-state index contributed by atoms with van der Waals surface area (Å²) in [5, 5.41) is 0.633. The lowest BCUT2D eigenvalue weighted by Crippen LogP contribution is -2.27. The van der Waals surface area contributed by atoms with Crippen molar-refractivity contribution < 1.29 is 22.3 Å². The Kier molecular flexibility index (Phi) is 4.82. The SMILES string of the molecule is COc1nc(C2COC2)c(F)cc1NS(=O)(=O)c1cccc2nc(Cl)ccc12. The van der Waals surface area contributed by atoms with Gasteiger partial charge in [0.25, 0.3) is 10.0 Å². The molecule has 0 atom stereocenters. The minimum atomic E-state index is -4.07. The predicted molar refractivity (Wildman–Crippen MR) is 102 cm³/mol. The molecule has 10 heteroatoms. The molecule has 2 aromatic heterocycles. The molecule has 1 aliphatic heterocycles. The second kappa shape index (κ2) is 7.16. The van der Waals surface area contributed by atoms with Crippen LogP contribution in [0.5, 0.6) is 5.88 Å². The van der Waals surface area contributed by atoms with E-state index in [-0.39, 0.29) is 33.2 Å². The average molecular weight is 424 g/mol. The Morgan fingerprint density at radius 3 is 2.71 bits per heavy atom. The van der Waals surface area contributed by atoms with Crippen LogP contribution in [-0.4, -0.2) is 38.7 Å². The lowest BCUT2D eigenvalue weighted by molar-refractivity contribution is 0.00502. The largest absolute Gasteiger partial charge is 0.479 e. The van der Waals surface area contributed by atoms with E-state index < -0.39 is 15.8 Å². The van der Waals surface area contributed by atoms with Gasteiger partial charge < -0.3 is 9.47 Å². The average Bonchev–Trinajstić information content (AvgIpc) is 2.61. The topological polar surface area (TPSA) is 90.4 Å². The molecule has 0 bridgehead atoms. The first-order valence-electron chi connectivity index (χ1n) is 8.29. The number of sulfonamides is 1. The highest BCUT2D eigenvalue weighted by Gasteiger charge is 2.28. The molecule has 28 heavy (non-hydrogen) atoms. The van der Waals surface area contributed by atoms with Crippen molar-refractivity contribution in [1.29, 1.82) is 0 Å². The van der Waals surface area contributed by atoms with Gasteiger partial charge in [0.15, 0.2) is 0 Å². The minimum absolute atomic E-state index is 0.0201. The number of ether oxygens (including phenoxy) is 2. The van der Waals surface area contributed by atoms with Gasteiger partial charge in [-0.25, -0.2) is 22.8 Å². The van der Waals surface area contributed by atoms with Gasteiger partial charge in [0.2, 0.25) is 5.88 Å². The van der Waals surface area contributed by atoms with E-state index in [1.165, 1.54) is 19.2 Å². The van der Waals surface area contributed by atoms with E-state index in [0.29, 0.717) is 24.1 Å². The molecule has 0 aliphatic carbocycles. The summed E-state index contributed by atoms with van der Waals surface area (Å²) in [6.07, 6.45) is 0. The molecule has 4 rings (SSSR count). The van der Waals surface area contributed by atoms with Gasteiger partial charge in [0.1, 0.15) is 16.7 Å². The number of aromatic nitrogens is 2.